The number of carbonyl (C=O) groups is 1. The summed E-state index contributed by atoms with van der Waals surface area (Å²) in [7, 11) is 0. The van der Waals surface area contributed by atoms with E-state index in [1.165, 1.54) is 30.5 Å². The van der Waals surface area contributed by atoms with Crippen LogP contribution >= 0.6 is 22.6 Å². The molecular weight excluding hydrogens is 503 g/mol. The van der Waals surface area contributed by atoms with Crippen LogP contribution in [-0.4, -0.2) is 23.7 Å². The molecule has 1 fully saturated rings. The van der Waals surface area contributed by atoms with E-state index >= 15 is 0 Å². The smallest absolute Gasteiger partial charge is 0.422 e. The zero-order valence-corrected chi connectivity index (χ0v) is 17.6. The SMILES string of the molecule is C[C@H](NC(=O)C1C[C@H]1c1ccc(F)cc1CI)c1ccc(OCC(F)(F)F)cn1. The van der Waals surface area contributed by atoms with E-state index in [1.54, 1.807) is 13.0 Å². The lowest BCUT2D eigenvalue weighted by molar-refractivity contribution is -0.153. The third-order valence-electron chi connectivity index (χ3n) is 4.74. The van der Waals surface area contributed by atoms with Gasteiger partial charge >= 0.3 is 6.18 Å². The van der Waals surface area contributed by atoms with E-state index in [-0.39, 0.29) is 29.3 Å². The molecule has 0 radical (unpaired) electrons. The molecule has 0 saturated heterocycles. The second kappa shape index (κ2) is 8.85. The molecule has 4 nitrogen and oxygen atoms in total. The Hall–Kier alpha value is -1.91. The summed E-state index contributed by atoms with van der Waals surface area (Å²) in [4.78, 5) is 16.6. The van der Waals surface area contributed by atoms with Gasteiger partial charge in [-0.05, 0) is 54.7 Å². The van der Waals surface area contributed by atoms with Crippen LogP contribution in [0.4, 0.5) is 17.6 Å². The molecule has 1 N–H and O–H groups in total. The highest BCUT2D eigenvalue weighted by atomic mass is 127. The van der Waals surface area contributed by atoms with Crippen molar-refractivity contribution in [3.63, 3.8) is 0 Å². The molecule has 3 atom stereocenters. The predicted octanol–water partition coefficient (Wildman–Crippen LogP) is 5.08. The maximum absolute atomic E-state index is 13.4. The molecule has 1 aliphatic carbocycles. The van der Waals surface area contributed by atoms with Gasteiger partial charge < -0.3 is 10.1 Å². The summed E-state index contributed by atoms with van der Waals surface area (Å²) in [6, 6.07) is 7.16. The first kappa shape index (κ1) is 21.8. The highest BCUT2D eigenvalue weighted by Gasteiger charge is 2.45. The summed E-state index contributed by atoms with van der Waals surface area (Å²) >= 11 is 2.17. The van der Waals surface area contributed by atoms with Crippen molar-refractivity contribution in [2.45, 2.75) is 35.9 Å². The maximum Gasteiger partial charge on any atom is 0.422 e. The Bertz CT molecular complexity index is 874. The van der Waals surface area contributed by atoms with Gasteiger partial charge in [0.05, 0.1) is 17.9 Å². The Balaban J connectivity index is 1.56. The number of ether oxygens (including phenoxy) is 1. The summed E-state index contributed by atoms with van der Waals surface area (Å²) in [5.41, 5.74) is 2.41. The maximum atomic E-state index is 13.4. The highest BCUT2D eigenvalue weighted by molar-refractivity contribution is 14.1. The summed E-state index contributed by atoms with van der Waals surface area (Å²) < 4.78 is 55.3. The molecule has 1 unspecified atom stereocenters. The van der Waals surface area contributed by atoms with Crippen molar-refractivity contribution >= 4 is 28.5 Å². The minimum atomic E-state index is -4.41. The lowest BCUT2D eigenvalue weighted by atomic mass is 10.0. The number of rotatable bonds is 7. The van der Waals surface area contributed by atoms with Crippen LogP contribution in [0.15, 0.2) is 36.5 Å². The number of alkyl halides is 4. The van der Waals surface area contributed by atoms with Crippen molar-refractivity contribution in [1.82, 2.24) is 10.3 Å². The molecule has 1 aromatic heterocycles. The number of hydrogen-bond acceptors (Lipinski definition) is 3. The van der Waals surface area contributed by atoms with Gasteiger partial charge in [-0.15, -0.1) is 0 Å². The fraction of sp³-hybridized carbons (Fsp3) is 0.400. The van der Waals surface area contributed by atoms with Crippen LogP contribution in [-0.2, 0) is 9.22 Å². The molecule has 156 valence electrons. The molecule has 1 heterocycles. The predicted molar refractivity (Wildman–Crippen MR) is 107 cm³/mol. The molecule has 2 aromatic rings. The Morgan fingerprint density at radius 2 is 2.10 bits per heavy atom. The van der Waals surface area contributed by atoms with Crippen molar-refractivity contribution in [3.05, 3.63) is 59.2 Å². The third-order valence-corrected chi connectivity index (χ3v) is 5.56. The second-order valence-electron chi connectivity index (χ2n) is 6.98. The van der Waals surface area contributed by atoms with Gasteiger partial charge in [-0.1, -0.05) is 28.7 Å². The van der Waals surface area contributed by atoms with Crippen LogP contribution in [0.5, 0.6) is 5.75 Å². The monoisotopic (exact) mass is 522 g/mol. The standard InChI is InChI=1S/C20H19F4IN2O2/c1-11(18-5-3-14(9-26-18)29-10-20(22,23)24)27-19(28)17-7-16(17)15-4-2-13(21)6-12(15)8-25/h2-6,9,11,16-17H,7-8,10H2,1H3,(H,27,28)/t11-,16-,17?/m0/s1. The van der Waals surface area contributed by atoms with Crippen LogP contribution in [0.1, 0.15) is 42.1 Å². The van der Waals surface area contributed by atoms with Crippen molar-refractivity contribution in [2.24, 2.45) is 5.92 Å². The fourth-order valence-electron chi connectivity index (χ4n) is 3.17. The molecule has 0 bridgehead atoms. The third kappa shape index (κ3) is 5.80. The van der Waals surface area contributed by atoms with E-state index < -0.39 is 18.8 Å². The summed E-state index contributed by atoms with van der Waals surface area (Å²) in [5.74, 6) is -0.512. The summed E-state index contributed by atoms with van der Waals surface area (Å²) in [6.07, 6.45) is -2.51. The van der Waals surface area contributed by atoms with E-state index in [4.69, 9.17) is 0 Å². The molecule has 0 spiro atoms. The quantitative estimate of drug-likeness (QED) is 0.314. The number of aromatic nitrogens is 1. The minimum Gasteiger partial charge on any atom is -0.483 e. The van der Waals surface area contributed by atoms with Crippen molar-refractivity contribution in [3.8, 4) is 5.75 Å². The first-order valence-corrected chi connectivity index (χ1v) is 10.5. The zero-order valence-electron chi connectivity index (χ0n) is 15.5. The zero-order chi connectivity index (χ0) is 21.2. The number of pyridine rings is 1. The van der Waals surface area contributed by atoms with Gasteiger partial charge in [0.1, 0.15) is 11.6 Å². The van der Waals surface area contributed by atoms with Crippen molar-refractivity contribution < 1.29 is 27.1 Å². The molecule has 1 amide bonds. The average Bonchev–Trinajstić information content (AvgIpc) is 3.46. The van der Waals surface area contributed by atoms with Crippen LogP contribution < -0.4 is 10.1 Å². The molecule has 1 aliphatic rings. The highest BCUT2D eigenvalue weighted by Crippen LogP contribution is 2.49. The molecule has 1 saturated carbocycles. The second-order valence-corrected chi connectivity index (χ2v) is 7.74. The van der Waals surface area contributed by atoms with Crippen LogP contribution in [0.25, 0.3) is 0 Å². The fourth-order valence-corrected chi connectivity index (χ4v) is 3.83. The molecule has 29 heavy (non-hydrogen) atoms. The van der Waals surface area contributed by atoms with Gasteiger partial charge in [0.2, 0.25) is 5.91 Å². The number of hydrogen-bond donors (Lipinski definition) is 1. The van der Waals surface area contributed by atoms with Gasteiger partial charge in [-0.2, -0.15) is 13.2 Å². The Labute approximate surface area is 179 Å². The van der Waals surface area contributed by atoms with Gasteiger partial charge in [-0.25, -0.2) is 4.39 Å². The Kier molecular flexibility index (Phi) is 6.65. The van der Waals surface area contributed by atoms with Gasteiger partial charge in [0.15, 0.2) is 6.61 Å². The van der Waals surface area contributed by atoms with Crippen molar-refractivity contribution in [2.75, 3.05) is 6.61 Å². The molecule has 3 rings (SSSR count). The van der Waals surface area contributed by atoms with Crippen LogP contribution in [0.3, 0.4) is 0 Å². The largest absolute Gasteiger partial charge is 0.483 e. The number of carbonyl (C=O) groups excluding carboxylic acids is 1. The first-order valence-electron chi connectivity index (χ1n) is 8.98. The molecule has 9 heteroatoms. The lowest BCUT2D eigenvalue weighted by Gasteiger charge is -2.15. The van der Waals surface area contributed by atoms with E-state index in [9.17, 15) is 22.4 Å². The van der Waals surface area contributed by atoms with E-state index in [0.29, 0.717) is 16.5 Å². The summed E-state index contributed by atoms with van der Waals surface area (Å²) in [5, 5.41) is 2.88. The van der Waals surface area contributed by atoms with Crippen LogP contribution in [0, 0.1) is 11.7 Å². The van der Waals surface area contributed by atoms with Gasteiger partial charge in [-0.3, -0.25) is 9.78 Å². The first-order chi connectivity index (χ1) is 13.7. The topological polar surface area (TPSA) is 51.2 Å². The molecule has 0 aliphatic heterocycles. The minimum absolute atomic E-state index is 0.00879. The number of amides is 1. The number of halogens is 5. The van der Waals surface area contributed by atoms with Crippen molar-refractivity contribution in [1.29, 1.82) is 0 Å². The van der Waals surface area contributed by atoms with E-state index in [1.807, 2.05) is 0 Å². The Morgan fingerprint density at radius 3 is 2.72 bits per heavy atom. The molecule has 1 aromatic carbocycles. The molecular formula is C20H19F4IN2O2. The number of nitrogens with one attached hydrogen (secondary N) is 1. The normalized spacial score (nSPS) is 19.5. The average molecular weight is 522 g/mol. The van der Waals surface area contributed by atoms with E-state index in [0.717, 1.165) is 11.1 Å². The number of benzene rings is 1. The van der Waals surface area contributed by atoms with Gasteiger partial charge in [0.25, 0.3) is 0 Å². The van der Waals surface area contributed by atoms with Crippen LogP contribution in [0.2, 0.25) is 0 Å². The Morgan fingerprint density at radius 1 is 1.34 bits per heavy atom. The summed E-state index contributed by atoms with van der Waals surface area (Å²) in [6.45, 7) is 0.369. The van der Waals surface area contributed by atoms with E-state index in [2.05, 4.69) is 37.6 Å². The lowest BCUT2D eigenvalue weighted by Crippen LogP contribution is -2.29. The van der Waals surface area contributed by atoms with Gasteiger partial charge in [0, 0.05) is 10.3 Å². The number of nitrogens with zero attached hydrogens (tertiary/aromatic N) is 1.